The Morgan fingerprint density at radius 2 is 2.19 bits per heavy atom. The molecule has 1 aromatic carbocycles. The molecular weight excluding hydrogens is 226 g/mol. The highest BCUT2D eigenvalue weighted by Crippen LogP contribution is 2.12. The summed E-state index contributed by atoms with van der Waals surface area (Å²) >= 11 is 0. The number of aromatic nitrogens is 2. The van der Waals surface area contributed by atoms with Gasteiger partial charge in [0, 0.05) is 19.3 Å². The maximum Gasteiger partial charge on any atom is 0.281 e. The van der Waals surface area contributed by atoms with E-state index in [9.17, 15) is 8.42 Å². The molecule has 1 heterocycles. The first-order chi connectivity index (χ1) is 7.58. The first-order valence-corrected chi connectivity index (χ1v) is 6.05. The number of benzene rings is 1. The van der Waals surface area contributed by atoms with Gasteiger partial charge >= 0.3 is 0 Å². The SMILES string of the molecule is Cn1ccc(S(=O)(=O)Nc2[c]cccc2)n1. The minimum Gasteiger partial charge on any atom is -0.278 e. The molecule has 16 heavy (non-hydrogen) atoms. The number of aryl methyl sites for hydroxylation is 1. The fraction of sp³-hybridized carbons (Fsp3) is 0.100. The van der Waals surface area contributed by atoms with Crippen molar-refractivity contribution in [2.24, 2.45) is 7.05 Å². The van der Waals surface area contributed by atoms with E-state index in [1.165, 1.54) is 10.7 Å². The summed E-state index contributed by atoms with van der Waals surface area (Å²) in [6.45, 7) is 0. The molecule has 0 bridgehead atoms. The number of nitrogens with one attached hydrogen (secondary N) is 1. The normalized spacial score (nSPS) is 11.3. The van der Waals surface area contributed by atoms with Gasteiger partial charge in [-0.05, 0) is 12.1 Å². The smallest absolute Gasteiger partial charge is 0.278 e. The summed E-state index contributed by atoms with van der Waals surface area (Å²) in [5.41, 5.74) is 0.396. The highest BCUT2D eigenvalue weighted by atomic mass is 32.2. The van der Waals surface area contributed by atoms with E-state index >= 15 is 0 Å². The Morgan fingerprint density at radius 1 is 1.38 bits per heavy atom. The molecule has 0 aliphatic carbocycles. The second kappa shape index (κ2) is 3.97. The van der Waals surface area contributed by atoms with Crippen LogP contribution in [0.3, 0.4) is 0 Å². The lowest BCUT2D eigenvalue weighted by molar-refractivity contribution is 0.593. The number of hydrogen-bond acceptors (Lipinski definition) is 3. The molecule has 0 spiro atoms. The monoisotopic (exact) mass is 236 g/mol. The van der Waals surface area contributed by atoms with Gasteiger partial charge in [0.1, 0.15) is 0 Å². The molecule has 0 atom stereocenters. The maximum atomic E-state index is 11.8. The lowest BCUT2D eigenvalue weighted by Gasteiger charge is -2.04. The first kappa shape index (κ1) is 10.7. The highest BCUT2D eigenvalue weighted by Gasteiger charge is 2.16. The fourth-order valence-electron chi connectivity index (χ4n) is 1.19. The zero-order valence-corrected chi connectivity index (χ0v) is 9.40. The van der Waals surface area contributed by atoms with E-state index < -0.39 is 10.0 Å². The second-order valence-corrected chi connectivity index (χ2v) is 4.84. The summed E-state index contributed by atoms with van der Waals surface area (Å²) in [6.07, 6.45) is 1.57. The van der Waals surface area contributed by atoms with E-state index in [0.29, 0.717) is 5.69 Å². The van der Waals surface area contributed by atoms with Crippen LogP contribution in [0.5, 0.6) is 0 Å². The topological polar surface area (TPSA) is 64.0 Å². The Bertz CT molecular complexity index is 575. The predicted molar refractivity (Wildman–Crippen MR) is 59.3 cm³/mol. The molecule has 0 saturated carbocycles. The van der Waals surface area contributed by atoms with Crippen molar-refractivity contribution in [1.29, 1.82) is 0 Å². The van der Waals surface area contributed by atoms with Gasteiger partial charge in [0.2, 0.25) is 0 Å². The largest absolute Gasteiger partial charge is 0.281 e. The summed E-state index contributed by atoms with van der Waals surface area (Å²) in [5.74, 6) is 0. The molecular formula is C10H10N3O2S. The summed E-state index contributed by atoms with van der Waals surface area (Å²) in [5, 5.41) is 3.82. The number of sulfonamides is 1. The van der Waals surface area contributed by atoms with Crippen molar-refractivity contribution in [1.82, 2.24) is 9.78 Å². The Morgan fingerprint density at radius 3 is 2.75 bits per heavy atom. The minimum absolute atomic E-state index is 0.00717. The quantitative estimate of drug-likeness (QED) is 0.865. The Labute approximate surface area is 93.8 Å². The van der Waals surface area contributed by atoms with Crippen LogP contribution in [-0.2, 0) is 17.1 Å². The van der Waals surface area contributed by atoms with E-state index in [2.05, 4.69) is 15.9 Å². The zero-order valence-electron chi connectivity index (χ0n) is 8.58. The van der Waals surface area contributed by atoms with E-state index in [4.69, 9.17) is 0 Å². The molecule has 6 heteroatoms. The average molecular weight is 236 g/mol. The minimum atomic E-state index is -3.61. The molecule has 0 unspecified atom stereocenters. The summed E-state index contributed by atoms with van der Waals surface area (Å²) < 4.78 is 27.4. The van der Waals surface area contributed by atoms with E-state index in [0.717, 1.165) is 0 Å². The maximum absolute atomic E-state index is 11.8. The van der Waals surface area contributed by atoms with Crippen molar-refractivity contribution in [2.75, 3.05) is 4.72 Å². The van der Waals surface area contributed by atoms with E-state index in [1.807, 2.05) is 0 Å². The predicted octanol–water partition coefficient (Wildman–Crippen LogP) is 1.02. The van der Waals surface area contributed by atoms with Crippen LogP contribution in [0.4, 0.5) is 5.69 Å². The van der Waals surface area contributed by atoms with Crippen molar-refractivity contribution in [2.45, 2.75) is 5.03 Å². The summed E-state index contributed by atoms with van der Waals surface area (Å²) in [6, 6.07) is 11.0. The lowest BCUT2D eigenvalue weighted by atomic mass is 10.3. The molecule has 2 rings (SSSR count). The van der Waals surface area contributed by atoms with Gasteiger partial charge in [-0.3, -0.25) is 9.40 Å². The van der Waals surface area contributed by atoms with Crippen LogP contribution in [0.15, 0.2) is 41.6 Å². The molecule has 1 radical (unpaired) electrons. The summed E-state index contributed by atoms with van der Waals surface area (Å²) in [7, 11) is -1.95. The molecule has 5 nitrogen and oxygen atoms in total. The molecule has 0 amide bonds. The van der Waals surface area contributed by atoms with Gasteiger partial charge in [-0.25, -0.2) is 0 Å². The van der Waals surface area contributed by atoms with Crippen LogP contribution < -0.4 is 4.72 Å². The van der Waals surface area contributed by atoms with Crippen LogP contribution in [0.2, 0.25) is 0 Å². The van der Waals surface area contributed by atoms with Crippen molar-refractivity contribution < 1.29 is 8.42 Å². The third kappa shape index (κ3) is 2.22. The summed E-state index contributed by atoms with van der Waals surface area (Å²) in [4.78, 5) is 0. The Hall–Kier alpha value is -1.82. The molecule has 0 saturated heterocycles. The average Bonchev–Trinajstić information content (AvgIpc) is 2.66. The van der Waals surface area contributed by atoms with Crippen LogP contribution >= 0.6 is 0 Å². The van der Waals surface area contributed by atoms with Crippen LogP contribution in [-0.4, -0.2) is 18.2 Å². The van der Waals surface area contributed by atoms with Crippen LogP contribution in [0.25, 0.3) is 0 Å². The van der Waals surface area contributed by atoms with Crippen molar-refractivity contribution >= 4 is 15.7 Å². The second-order valence-electron chi connectivity index (χ2n) is 3.21. The Balaban J connectivity index is 2.28. The first-order valence-electron chi connectivity index (χ1n) is 4.57. The molecule has 2 aromatic rings. The molecule has 1 aromatic heterocycles. The van der Waals surface area contributed by atoms with Crippen molar-refractivity contribution in [3.05, 3.63) is 42.6 Å². The number of para-hydroxylation sites is 1. The van der Waals surface area contributed by atoms with Crippen molar-refractivity contribution in [3.63, 3.8) is 0 Å². The van der Waals surface area contributed by atoms with Crippen molar-refractivity contribution in [3.8, 4) is 0 Å². The van der Waals surface area contributed by atoms with Gasteiger partial charge in [0.15, 0.2) is 5.03 Å². The fourth-order valence-corrected chi connectivity index (χ4v) is 2.19. The van der Waals surface area contributed by atoms with Gasteiger partial charge in [-0.1, -0.05) is 18.2 Å². The molecule has 0 aliphatic rings. The van der Waals surface area contributed by atoms with E-state index in [-0.39, 0.29) is 5.03 Å². The highest BCUT2D eigenvalue weighted by molar-refractivity contribution is 7.92. The molecule has 0 aliphatic heterocycles. The standard InChI is InChI=1S/C10H10N3O2S/c1-13-8-7-10(11-13)16(14,15)12-9-5-3-2-4-6-9/h2-5,7-8,12H,1H3. The van der Waals surface area contributed by atoms with Gasteiger partial charge in [-0.2, -0.15) is 13.5 Å². The van der Waals surface area contributed by atoms with Gasteiger partial charge < -0.3 is 0 Å². The number of rotatable bonds is 3. The number of hydrogen-bond donors (Lipinski definition) is 1. The number of anilines is 1. The van der Waals surface area contributed by atoms with Crippen LogP contribution in [0, 0.1) is 6.07 Å². The number of nitrogens with zero attached hydrogens (tertiary/aromatic N) is 2. The van der Waals surface area contributed by atoms with Crippen LogP contribution in [0.1, 0.15) is 0 Å². The molecule has 0 fully saturated rings. The zero-order chi connectivity index (χ0) is 11.6. The third-order valence-corrected chi connectivity index (χ3v) is 3.17. The van der Waals surface area contributed by atoms with Gasteiger partial charge in [0.25, 0.3) is 10.0 Å². The molecule has 83 valence electrons. The Kier molecular flexibility index (Phi) is 2.66. The van der Waals surface area contributed by atoms with Gasteiger partial charge in [0.05, 0.1) is 5.69 Å². The van der Waals surface area contributed by atoms with E-state index in [1.54, 1.807) is 37.5 Å². The van der Waals surface area contributed by atoms with Gasteiger partial charge in [-0.15, -0.1) is 0 Å². The lowest BCUT2D eigenvalue weighted by Crippen LogP contribution is -2.13. The molecule has 1 N–H and O–H groups in total. The third-order valence-electron chi connectivity index (χ3n) is 1.92.